The molecule has 0 spiro atoms. The molecule has 6 heteroatoms. The van der Waals surface area contributed by atoms with Crippen LogP contribution in [0.2, 0.25) is 0 Å². The summed E-state index contributed by atoms with van der Waals surface area (Å²) in [5.74, 6) is 0.248. The molecular formula is C24H38N2O4. The van der Waals surface area contributed by atoms with Crippen molar-refractivity contribution in [1.29, 1.82) is 0 Å². The number of hydrogen-bond donors (Lipinski definition) is 1. The van der Waals surface area contributed by atoms with Crippen LogP contribution in [0, 0.1) is 0 Å². The molecule has 0 atom stereocenters. The van der Waals surface area contributed by atoms with Crippen LogP contribution in [0.15, 0.2) is 29.3 Å². The molecule has 0 aliphatic heterocycles. The summed E-state index contributed by atoms with van der Waals surface area (Å²) in [5, 5.41) is 2.60. The van der Waals surface area contributed by atoms with Crippen LogP contribution in [0.25, 0.3) is 0 Å². The average Bonchev–Trinajstić information content (AvgIpc) is 2.57. The lowest BCUT2D eigenvalue weighted by Gasteiger charge is -2.20. The van der Waals surface area contributed by atoms with Gasteiger partial charge in [0.1, 0.15) is 17.0 Å². The van der Waals surface area contributed by atoms with Gasteiger partial charge in [-0.05, 0) is 78.4 Å². The van der Waals surface area contributed by atoms with Crippen molar-refractivity contribution in [3.05, 3.63) is 35.4 Å². The van der Waals surface area contributed by atoms with E-state index in [4.69, 9.17) is 9.47 Å². The number of unbranched alkanes of at least 4 members (excludes halogenated alkanes) is 1. The van der Waals surface area contributed by atoms with Gasteiger partial charge < -0.3 is 9.47 Å². The van der Waals surface area contributed by atoms with Gasteiger partial charge in [-0.3, -0.25) is 5.32 Å². The zero-order valence-corrected chi connectivity index (χ0v) is 19.6. The van der Waals surface area contributed by atoms with Gasteiger partial charge in [-0.2, -0.15) is 4.99 Å². The maximum Gasteiger partial charge on any atom is 0.435 e. The minimum atomic E-state index is -0.728. The largest absolute Gasteiger partial charge is 0.444 e. The summed E-state index contributed by atoms with van der Waals surface area (Å²) in [6.45, 7) is 12.8. The van der Waals surface area contributed by atoms with Gasteiger partial charge in [-0.1, -0.05) is 37.6 Å². The Kier molecular flexibility index (Phi) is 10.0. The van der Waals surface area contributed by atoms with Crippen molar-refractivity contribution >= 4 is 18.0 Å². The fourth-order valence-corrected chi connectivity index (χ4v) is 2.68. The molecule has 0 saturated carbocycles. The molecule has 0 unspecified atom stereocenters. The van der Waals surface area contributed by atoms with Gasteiger partial charge in [0.15, 0.2) is 0 Å². The molecule has 2 amide bonds. The first-order valence-electron chi connectivity index (χ1n) is 10.8. The van der Waals surface area contributed by atoms with Crippen LogP contribution in [-0.4, -0.2) is 29.2 Å². The van der Waals surface area contributed by atoms with Gasteiger partial charge in [0.2, 0.25) is 0 Å². The molecule has 0 aromatic heterocycles. The molecule has 1 aromatic carbocycles. The second kappa shape index (κ2) is 11.7. The molecule has 1 aromatic rings. The van der Waals surface area contributed by atoms with Crippen molar-refractivity contribution in [2.75, 3.05) is 0 Å². The lowest BCUT2D eigenvalue weighted by Crippen LogP contribution is -2.37. The van der Waals surface area contributed by atoms with Gasteiger partial charge in [0.05, 0.1) is 0 Å². The lowest BCUT2D eigenvalue weighted by atomic mass is 10.0. The second-order valence-corrected chi connectivity index (χ2v) is 9.44. The molecule has 0 heterocycles. The number of alkyl carbamates (subject to hydrolysis) is 1. The van der Waals surface area contributed by atoms with Crippen molar-refractivity contribution in [3.63, 3.8) is 0 Å². The van der Waals surface area contributed by atoms with Gasteiger partial charge in [-0.15, -0.1) is 0 Å². The highest BCUT2D eigenvalue weighted by molar-refractivity contribution is 6.00. The molecule has 6 nitrogen and oxygen atoms in total. The van der Waals surface area contributed by atoms with Crippen LogP contribution in [-0.2, 0) is 22.3 Å². The Morgan fingerprint density at radius 1 is 0.867 bits per heavy atom. The molecule has 0 saturated heterocycles. The van der Waals surface area contributed by atoms with Crippen LogP contribution in [0.4, 0.5) is 9.59 Å². The van der Waals surface area contributed by atoms with Crippen LogP contribution in [0.5, 0.6) is 0 Å². The predicted molar refractivity (Wildman–Crippen MR) is 121 cm³/mol. The van der Waals surface area contributed by atoms with Gasteiger partial charge >= 0.3 is 12.2 Å². The summed E-state index contributed by atoms with van der Waals surface area (Å²) < 4.78 is 10.5. The monoisotopic (exact) mass is 418 g/mol. The number of nitrogens with zero attached hydrogens (tertiary/aromatic N) is 1. The van der Waals surface area contributed by atoms with Crippen molar-refractivity contribution < 1.29 is 19.1 Å². The van der Waals surface area contributed by atoms with E-state index in [2.05, 4.69) is 41.5 Å². The number of nitrogens with one attached hydrogen (secondary N) is 1. The van der Waals surface area contributed by atoms with Crippen LogP contribution >= 0.6 is 0 Å². The Hall–Kier alpha value is -2.37. The van der Waals surface area contributed by atoms with Gasteiger partial charge in [0.25, 0.3) is 0 Å². The van der Waals surface area contributed by atoms with Crippen molar-refractivity contribution in [2.24, 2.45) is 4.99 Å². The minimum Gasteiger partial charge on any atom is -0.444 e. The molecule has 0 aliphatic carbocycles. The Balaban J connectivity index is 2.72. The molecule has 0 aliphatic rings. The summed E-state index contributed by atoms with van der Waals surface area (Å²) in [4.78, 5) is 28.2. The lowest BCUT2D eigenvalue weighted by molar-refractivity contribution is 0.0561. The third kappa shape index (κ3) is 12.2. The van der Waals surface area contributed by atoms with Crippen molar-refractivity contribution in [2.45, 2.75) is 98.2 Å². The minimum absolute atomic E-state index is 0.248. The third-order valence-electron chi connectivity index (χ3n) is 3.99. The normalized spacial score (nSPS) is 12.4. The van der Waals surface area contributed by atoms with E-state index in [9.17, 15) is 9.59 Å². The van der Waals surface area contributed by atoms with Crippen molar-refractivity contribution in [3.8, 4) is 0 Å². The standard InChI is InChI=1S/C24H38N2O4/c1-8-9-11-18-14-16-19(17-15-18)12-10-13-20(25-21(27)29-23(2,3)4)26-22(28)30-24(5,6)7/h14-17H,8-13H2,1-7H3,(H,25,26,27,28). The number of aliphatic imine (C=N–C) groups is 1. The predicted octanol–water partition coefficient (Wildman–Crippen LogP) is 6.21. The molecule has 30 heavy (non-hydrogen) atoms. The quantitative estimate of drug-likeness (QED) is 0.422. The van der Waals surface area contributed by atoms with E-state index in [0.29, 0.717) is 6.42 Å². The molecule has 0 bridgehead atoms. The maximum atomic E-state index is 12.1. The molecule has 1 rings (SSSR count). The smallest absolute Gasteiger partial charge is 0.435 e. The van der Waals surface area contributed by atoms with E-state index in [1.807, 2.05) is 0 Å². The number of aryl methyl sites for hydroxylation is 2. The Labute approximate surface area is 181 Å². The molecule has 0 radical (unpaired) electrons. The van der Waals surface area contributed by atoms with Crippen molar-refractivity contribution in [1.82, 2.24) is 5.32 Å². The fourth-order valence-electron chi connectivity index (χ4n) is 2.68. The third-order valence-corrected chi connectivity index (χ3v) is 3.99. The highest BCUT2D eigenvalue weighted by Gasteiger charge is 2.20. The number of carbonyl (C=O) groups excluding carboxylic acids is 2. The topological polar surface area (TPSA) is 77.0 Å². The molecular weight excluding hydrogens is 380 g/mol. The Morgan fingerprint density at radius 2 is 1.37 bits per heavy atom. The molecule has 1 N–H and O–H groups in total. The Bertz CT molecular complexity index is 710. The Morgan fingerprint density at radius 3 is 1.83 bits per heavy atom. The number of amides is 2. The zero-order valence-electron chi connectivity index (χ0n) is 19.6. The number of carbonyl (C=O) groups is 2. The van der Waals surface area contributed by atoms with Crippen LogP contribution in [0.1, 0.15) is 85.3 Å². The number of benzene rings is 1. The number of amidine groups is 1. The molecule has 0 fully saturated rings. The van der Waals surface area contributed by atoms with Crippen LogP contribution < -0.4 is 5.32 Å². The summed E-state index contributed by atoms with van der Waals surface area (Å²) in [5.41, 5.74) is 1.26. The first kappa shape index (κ1) is 25.7. The van der Waals surface area contributed by atoms with Gasteiger partial charge in [-0.25, -0.2) is 9.59 Å². The van der Waals surface area contributed by atoms with E-state index in [1.54, 1.807) is 41.5 Å². The summed E-state index contributed by atoms with van der Waals surface area (Å²) in [6.07, 6.45) is 4.09. The maximum absolute atomic E-state index is 12.1. The highest BCUT2D eigenvalue weighted by atomic mass is 16.6. The van der Waals surface area contributed by atoms with E-state index in [0.717, 1.165) is 19.3 Å². The second-order valence-electron chi connectivity index (χ2n) is 9.44. The van der Waals surface area contributed by atoms with E-state index >= 15 is 0 Å². The summed E-state index contributed by atoms with van der Waals surface area (Å²) in [7, 11) is 0. The number of ether oxygens (including phenoxy) is 2. The number of rotatable bonds is 7. The van der Waals surface area contributed by atoms with Gasteiger partial charge in [0, 0.05) is 6.42 Å². The van der Waals surface area contributed by atoms with E-state index in [1.165, 1.54) is 24.0 Å². The van der Waals surface area contributed by atoms with E-state index in [-0.39, 0.29) is 5.84 Å². The summed E-state index contributed by atoms with van der Waals surface area (Å²) in [6, 6.07) is 8.60. The first-order valence-corrected chi connectivity index (χ1v) is 10.8. The van der Waals surface area contributed by atoms with Crippen LogP contribution in [0.3, 0.4) is 0 Å². The molecule has 168 valence electrons. The SMILES string of the molecule is CCCCc1ccc(CCCC(=NC(=O)OC(C)(C)C)NC(=O)OC(C)(C)C)cc1. The fraction of sp³-hybridized carbons (Fsp3) is 0.625. The average molecular weight is 419 g/mol. The summed E-state index contributed by atoms with van der Waals surface area (Å²) >= 11 is 0. The zero-order chi connectivity index (χ0) is 22.8. The highest BCUT2D eigenvalue weighted by Crippen LogP contribution is 2.12. The van der Waals surface area contributed by atoms with E-state index < -0.39 is 23.4 Å². The number of hydrogen-bond acceptors (Lipinski definition) is 4. The first-order chi connectivity index (χ1) is 13.9.